The van der Waals surface area contributed by atoms with Crippen LogP contribution in [0.5, 0.6) is 0 Å². The van der Waals surface area contributed by atoms with Crippen LogP contribution in [-0.2, 0) is 0 Å². The third-order valence-corrected chi connectivity index (χ3v) is 1.82. The molecule has 1 aromatic heterocycles. The molecule has 0 amide bonds. The molecule has 0 aliphatic heterocycles. The second-order valence-electron chi connectivity index (χ2n) is 2.06. The highest BCUT2D eigenvalue weighted by Gasteiger charge is 1.99. The van der Waals surface area contributed by atoms with E-state index in [2.05, 4.69) is 27.6 Å². The molecule has 4 radical (unpaired) electrons. The topological polar surface area (TPSA) is 12.9 Å². The summed E-state index contributed by atoms with van der Waals surface area (Å²) < 4.78 is 0.877. The van der Waals surface area contributed by atoms with Crippen molar-refractivity contribution < 1.29 is 0 Å². The summed E-state index contributed by atoms with van der Waals surface area (Å²) >= 11 is 2.10. The van der Waals surface area contributed by atoms with E-state index >= 15 is 0 Å². The molecule has 0 spiro atoms. The lowest BCUT2D eigenvalue weighted by atomic mass is 10.1. The van der Waals surface area contributed by atoms with Crippen LogP contribution in [0, 0.1) is 24.5 Å². The Labute approximate surface area is 75.0 Å². The Balaban J connectivity index is 3.31. The van der Waals surface area contributed by atoms with Crippen molar-refractivity contribution in [1.29, 1.82) is 0 Å². The summed E-state index contributed by atoms with van der Waals surface area (Å²) in [5, 5.41) is 0. The van der Waals surface area contributed by atoms with Gasteiger partial charge >= 0.3 is 0 Å². The van der Waals surface area contributed by atoms with Gasteiger partial charge in [0, 0.05) is 19.5 Å². The van der Waals surface area contributed by atoms with Gasteiger partial charge in [0.2, 0.25) is 0 Å². The number of pyridine rings is 1. The maximum absolute atomic E-state index is 5.56. The highest BCUT2D eigenvalue weighted by Crippen LogP contribution is 2.12. The molecule has 0 fully saturated rings. The minimum absolute atomic E-state index is 0.421. The van der Waals surface area contributed by atoms with E-state index < -0.39 is 0 Å². The minimum atomic E-state index is 0.421. The van der Waals surface area contributed by atoms with E-state index in [-0.39, 0.29) is 0 Å². The monoisotopic (exact) mass is 243 g/mol. The van der Waals surface area contributed by atoms with Crippen molar-refractivity contribution in [1.82, 2.24) is 4.98 Å². The van der Waals surface area contributed by atoms with Gasteiger partial charge in [0.25, 0.3) is 0 Å². The fourth-order valence-electron chi connectivity index (χ4n) is 0.666. The van der Waals surface area contributed by atoms with Crippen LogP contribution in [0.3, 0.4) is 0 Å². The van der Waals surface area contributed by atoms with Gasteiger partial charge in [0.1, 0.15) is 3.70 Å². The predicted octanol–water partition coefficient (Wildman–Crippen LogP) is 2.11. The fourth-order valence-corrected chi connectivity index (χ4v) is 1.39. The van der Waals surface area contributed by atoms with E-state index in [9.17, 15) is 0 Å². The second kappa shape index (κ2) is 2.86. The van der Waals surface area contributed by atoms with Crippen LogP contribution in [0.25, 0.3) is 0 Å². The van der Waals surface area contributed by atoms with E-state index in [1.165, 1.54) is 0 Å². The summed E-state index contributed by atoms with van der Waals surface area (Å²) in [5.74, 6) is 0. The molecule has 50 valence electrons. The molecule has 1 nitrogen and oxygen atoms in total. The summed E-state index contributed by atoms with van der Waals surface area (Å²) in [6.45, 7) is 13.0. The molecule has 0 aliphatic rings. The third kappa shape index (κ3) is 1.48. The summed E-state index contributed by atoms with van der Waals surface area (Å²) in [6, 6.07) is 1.90. The second-order valence-corrected chi connectivity index (χ2v) is 3.17. The van der Waals surface area contributed by atoms with Gasteiger partial charge in [-0.2, -0.15) is 0 Å². The number of aryl methyl sites for hydroxylation is 1. The molecule has 0 aliphatic carbocycles. The van der Waals surface area contributed by atoms with Crippen LogP contribution < -0.4 is 0 Å². The Kier molecular flexibility index (Phi) is 2.28. The number of hydrogen-bond donors (Lipinski definition) is 0. The summed E-state index contributed by atoms with van der Waals surface area (Å²) in [5.41, 5.74) is 1.99. The molecule has 1 aromatic rings. The Hall–Kier alpha value is -0.120. The molecule has 1 heterocycles. The number of hydrogen-bond acceptors (Lipinski definition) is 1. The van der Waals surface area contributed by atoms with Crippen molar-refractivity contribution in [2.45, 2.75) is 6.92 Å². The molecule has 10 heavy (non-hydrogen) atoms. The molecule has 0 bridgehead atoms. The first-order chi connectivity index (χ1) is 4.61. The zero-order valence-corrected chi connectivity index (χ0v) is 7.71. The smallest absolute Gasteiger partial charge is 0.101 e. The average molecular weight is 243 g/mol. The zero-order chi connectivity index (χ0) is 7.72. The standard InChI is InChI=1S/C8H6IN/c1-5-4-8(9)10-7(3)6(5)2/h2-4H,1H3. The van der Waals surface area contributed by atoms with E-state index in [1.807, 2.05) is 13.0 Å². The van der Waals surface area contributed by atoms with Crippen molar-refractivity contribution in [3.8, 4) is 0 Å². The molecule has 0 N–H and O–H groups in total. The quantitative estimate of drug-likeness (QED) is 0.502. The highest BCUT2D eigenvalue weighted by atomic mass is 127. The van der Waals surface area contributed by atoms with E-state index in [1.54, 1.807) is 0 Å². The van der Waals surface area contributed by atoms with E-state index in [0.717, 1.165) is 9.26 Å². The normalized spacial score (nSPS) is 10.0. The first-order valence-electron chi connectivity index (χ1n) is 2.79. The maximum Gasteiger partial charge on any atom is 0.101 e. The molecular weight excluding hydrogens is 237 g/mol. The van der Waals surface area contributed by atoms with Gasteiger partial charge in [0.15, 0.2) is 0 Å². The van der Waals surface area contributed by atoms with Crippen molar-refractivity contribution in [3.05, 3.63) is 40.4 Å². The predicted molar refractivity (Wildman–Crippen MR) is 48.5 cm³/mol. The maximum atomic E-state index is 5.56. The van der Waals surface area contributed by atoms with Crippen LogP contribution in [-0.4, -0.2) is 4.98 Å². The lowest BCUT2D eigenvalue weighted by molar-refractivity contribution is 1.17. The van der Waals surface area contributed by atoms with Crippen LogP contribution in [0.1, 0.15) is 16.8 Å². The van der Waals surface area contributed by atoms with Gasteiger partial charge in [-0.25, -0.2) is 4.98 Å². The van der Waals surface area contributed by atoms with Gasteiger partial charge in [-0.05, 0) is 46.7 Å². The summed E-state index contributed by atoms with van der Waals surface area (Å²) in [6.07, 6.45) is 0. The van der Waals surface area contributed by atoms with E-state index in [4.69, 9.17) is 13.8 Å². The molecule has 0 aromatic carbocycles. The van der Waals surface area contributed by atoms with Gasteiger partial charge in [0.05, 0.1) is 0 Å². The molecule has 2 heteroatoms. The van der Waals surface area contributed by atoms with Crippen LogP contribution in [0.15, 0.2) is 6.07 Å². The molecule has 0 atom stereocenters. The number of halogens is 1. The number of nitrogens with zero attached hydrogens (tertiary/aromatic N) is 1. The van der Waals surface area contributed by atoms with Crippen molar-refractivity contribution in [2.24, 2.45) is 0 Å². The Morgan fingerprint density at radius 3 is 2.60 bits per heavy atom. The molecule has 0 saturated heterocycles. The van der Waals surface area contributed by atoms with Gasteiger partial charge in [-0.3, -0.25) is 0 Å². The van der Waals surface area contributed by atoms with Crippen molar-refractivity contribution in [2.75, 3.05) is 0 Å². The first-order valence-corrected chi connectivity index (χ1v) is 3.87. The van der Waals surface area contributed by atoms with Gasteiger partial charge in [-0.1, -0.05) is 0 Å². The lowest BCUT2D eigenvalue weighted by Crippen LogP contribution is -1.92. The van der Waals surface area contributed by atoms with Crippen LogP contribution >= 0.6 is 22.6 Å². The van der Waals surface area contributed by atoms with Crippen molar-refractivity contribution >= 4 is 22.6 Å². The molecule has 0 saturated carbocycles. The first kappa shape index (κ1) is 7.98. The average Bonchev–Trinajstić information content (AvgIpc) is 1.82. The molecular formula is C8H6IN. The van der Waals surface area contributed by atoms with Crippen LogP contribution in [0.4, 0.5) is 0 Å². The zero-order valence-electron chi connectivity index (χ0n) is 5.56. The minimum Gasteiger partial charge on any atom is -0.246 e. The SMILES string of the molecule is [CH]c1nc(I)cc(C)c1[CH]. The largest absolute Gasteiger partial charge is 0.246 e. The van der Waals surface area contributed by atoms with E-state index in [0.29, 0.717) is 11.3 Å². The Morgan fingerprint density at radius 2 is 2.10 bits per heavy atom. The number of aromatic nitrogens is 1. The fraction of sp³-hybridized carbons (Fsp3) is 0.125. The Morgan fingerprint density at radius 1 is 1.50 bits per heavy atom. The molecule has 1 rings (SSSR count). The Bertz CT molecular complexity index is 232. The van der Waals surface area contributed by atoms with Gasteiger partial charge in [-0.15, -0.1) is 0 Å². The third-order valence-electron chi connectivity index (χ3n) is 1.26. The summed E-state index contributed by atoms with van der Waals surface area (Å²) in [4.78, 5) is 3.97. The van der Waals surface area contributed by atoms with Gasteiger partial charge < -0.3 is 0 Å². The number of rotatable bonds is 0. The summed E-state index contributed by atoms with van der Waals surface area (Å²) in [7, 11) is 0. The van der Waals surface area contributed by atoms with Crippen molar-refractivity contribution in [3.63, 3.8) is 0 Å². The van der Waals surface area contributed by atoms with Crippen LogP contribution in [0.2, 0.25) is 0 Å². The highest BCUT2D eigenvalue weighted by molar-refractivity contribution is 14.1. The lowest BCUT2D eigenvalue weighted by Gasteiger charge is -2.02. The molecule has 0 unspecified atom stereocenters.